The van der Waals surface area contributed by atoms with E-state index in [1.165, 1.54) is 12.1 Å². The Morgan fingerprint density at radius 1 is 1.07 bits per heavy atom. The highest BCUT2D eigenvalue weighted by Crippen LogP contribution is 2.10. The van der Waals surface area contributed by atoms with E-state index in [-0.39, 0.29) is 30.8 Å². The third kappa shape index (κ3) is 6.73. The van der Waals surface area contributed by atoms with Gasteiger partial charge < -0.3 is 15.4 Å². The van der Waals surface area contributed by atoms with Crippen molar-refractivity contribution in [2.75, 3.05) is 0 Å². The molecule has 0 aliphatic carbocycles. The van der Waals surface area contributed by atoms with Gasteiger partial charge in [-0.25, -0.2) is 9.18 Å². The zero-order valence-corrected chi connectivity index (χ0v) is 15.6. The maximum absolute atomic E-state index is 13.2. The highest BCUT2D eigenvalue weighted by atomic mass is 19.1. The minimum atomic E-state index is -0.730. The largest absolute Gasteiger partial charge is 0.445 e. The maximum atomic E-state index is 13.2. The molecule has 0 aromatic heterocycles. The van der Waals surface area contributed by atoms with Crippen LogP contribution in [0.5, 0.6) is 0 Å². The smallest absolute Gasteiger partial charge is 0.408 e. The number of nitrogens with one attached hydrogen (secondary N) is 2. The first-order valence-corrected chi connectivity index (χ1v) is 8.99. The second-order valence-corrected chi connectivity index (χ2v) is 6.42. The molecule has 2 aromatic carbocycles. The summed E-state index contributed by atoms with van der Waals surface area (Å²) in [6.07, 6.45) is 0.0573. The molecule has 0 aliphatic rings. The Kier molecular flexibility index (Phi) is 7.79. The quantitative estimate of drug-likeness (QED) is 0.741. The number of alkyl carbamates (subject to hydrolysis) is 1. The molecule has 0 saturated carbocycles. The molecule has 27 heavy (non-hydrogen) atoms. The first kappa shape index (κ1) is 20.4. The van der Waals surface area contributed by atoms with Crippen molar-refractivity contribution < 1.29 is 18.7 Å². The molecule has 2 aromatic rings. The van der Waals surface area contributed by atoms with E-state index in [4.69, 9.17) is 4.74 Å². The summed E-state index contributed by atoms with van der Waals surface area (Å²) >= 11 is 0. The number of rotatable bonds is 8. The van der Waals surface area contributed by atoms with Crippen molar-refractivity contribution in [3.8, 4) is 0 Å². The second kappa shape index (κ2) is 10.3. The Balaban J connectivity index is 1.90. The van der Waals surface area contributed by atoms with Gasteiger partial charge in [-0.1, -0.05) is 62.7 Å². The van der Waals surface area contributed by atoms with Gasteiger partial charge in [0.2, 0.25) is 5.91 Å². The van der Waals surface area contributed by atoms with Gasteiger partial charge in [0.25, 0.3) is 0 Å². The summed E-state index contributed by atoms with van der Waals surface area (Å²) in [6.45, 7) is 4.13. The molecule has 0 spiro atoms. The van der Waals surface area contributed by atoms with E-state index in [0.29, 0.717) is 12.0 Å². The van der Waals surface area contributed by atoms with Crippen molar-refractivity contribution in [3.63, 3.8) is 0 Å². The molecule has 0 radical (unpaired) electrons. The van der Waals surface area contributed by atoms with E-state index < -0.39 is 12.1 Å². The zero-order valence-electron chi connectivity index (χ0n) is 15.6. The Bertz CT molecular complexity index is 752. The van der Waals surface area contributed by atoms with E-state index >= 15 is 0 Å². The predicted molar refractivity (Wildman–Crippen MR) is 101 cm³/mol. The van der Waals surface area contributed by atoms with Crippen molar-refractivity contribution >= 4 is 12.0 Å². The van der Waals surface area contributed by atoms with Gasteiger partial charge in [-0.3, -0.25) is 4.79 Å². The SMILES string of the molecule is CC[C@H](C)[C@H](NC(=O)OCc1ccccc1)C(=O)NCc1cccc(F)c1. The number of benzene rings is 2. The molecule has 2 rings (SSSR count). The van der Waals surface area contributed by atoms with Gasteiger partial charge in [-0.2, -0.15) is 0 Å². The van der Waals surface area contributed by atoms with Gasteiger partial charge in [0.15, 0.2) is 0 Å². The molecule has 5 nitrogen and oxygen atoms in total. The van der Waals surface area contributed by atoms with Crippen LogP contribution in [0.15, 0.2) is 54.6 Å². The van der Waals surface area contributed by atoms with Crippen LogP contribution in [0, 0.1) is 11.7 Å². The van der Waals surface area contributed by atoms with E-state index in [1.54, 1.807) is 12.1 Å². The summed E-state index contributed by atoms with van der Waals surface area (Å²) in [4.78, 5) is 24.6. The number of ether oxygens (including phenoxy) is 1. The van der Waals surface area contributed by atoms with E-state index in [9.17, 15) is 14.0 Å². The lowest BCUT2D eigenvalue weighted by Crippen LogP contribution is -2.50. The van der Waals surface area contributed by atoms with Gasteiger partial charge in [0.1, 0.15) is 18.5 Å². The van der Waals surface area contributed by atoms with Gasteiger partial charge in [-0.05, 0) is 29.2 Å². The molecule has 0 heterocycles. The standard InChI is InChI=1S/C21H25FN2O3/c1-3-15(2)19(20(25)23-13-17-10-7-11-18(22)12-17)24-21(26)27-14-16-8-5-4-6-9-16/h4-12,15,19H,3,13-14H2,1-2H3,(H,23,25)(H,24,26)/t15-,19-/m0/s1. The van der Waals surface area contributed by atoms with Crippen LogP contribution < -0.4 is 10.6 Å². The zero-order chi connectivity index (χ0) is 19.6. The summed E-state index contributed by atoms with van der Waals surface area (Å²) in [5, 5.41) is 5.38. The first-order valence-electron chi connectivity index (χ1n) is 8.99. The lowest BCUT2D eigenvalue weighted by Gasteiger charge is -2.23. The Morgan fingerprint density at radius 3 is 2.44 bits per heavy atom. The molecule has 6 heteroatoms. The van der Waals surface area contributed by atoms with Gasteiger partial charge in [0.05, 0.1) is 0 Å². The topological polar surface area (TPSA) is 67.4 Å². The maximum Gasteiger partial charge on any atom is 0.408 e. The Hall–Kier alpha value is -2.89. The lowest BCUT2D eigenvalue weighted by molar-refractivity contribution is -0.124. The third-order valence-corrected chi connectivity index (χ3v) is 4.34. The van der Waals surface area contributed by atoms with Crippen molar-refractivity contribution in [1.82, 2.24) is 10.6 Å². The molecule has 0 saturated heterocycles. The Morgan fingerprint density at radius 2 is 1.78 bits per heavy atom. The highest BCUT2D eigenvalue weighted by molar-refractivity contribution is 5.85. The fourth-order valence-corrected chi connectivity index (χ4v) is 2.54. The molecule has 0 bridgehead atoms. The average molecular weight is 372 g/mol. The highest BCUT2D eigenvalue weighted by Gasteiger charge is 2.26. The molecule has 0 fully saturated rings. The number of carbonyl (C=O) groups excluding carboxylic acids is 2. The lowest BCUT2D eigenvalue weighted by atomic mass is 9.98. The van der Waals surface area contributed by atoms with Gasteiger partial charge in [-0.15, -0.1) is 0 Å². The fourth-order valence-electron chi connectivity index (χ4n) is 2.54. The van der Waals surface area contributed by atoms with Crippen molar-refractivity contribution in [1.29, 1.82) is 0 Å². The predicted octanol–water partition coefficient (Wildman–Crippen LogP) is 3.78. The summed E-state index contributed by atoms with van der Waals surface area (Å²) in [5.41, 5.74) is 1.52. The molecule has 144 valence electrons. The summed E-state index contributed by atoms with van der Waals surface area (Å²) < 4.78 is 18.4. The number of halogens is 1. The summed E-state index contributed by atoms with van der Waals surface area (Å²) in [7, 11) is 0. The van der Waals surface area contributed by atoms with E-state index in [0.717, 1.165) is 5.56 Å². The number of amides is 2. The molecule has 2 N–H and O–H groups in total. The van der Waals surface area contributed by atoms with Crippen molar-refractivity contribution in [2.24, 2.45) is 5.92 Å². The van der Waals surface area contributed by atoms with Crippen molar-refractivity contribution in [3.05, 3.63) is 71.5 Å². The van der Waals surface area contributed by atoms with Crippen LogP contribution >= 0.6 is 0 Å². The van der Waals surface area contributed by atoms with Crippen LogP contribution in [0.2, 0.25) is 0 Å². The molecular weight excluding hydrogens is 347 g/mol. The van der Waals surface area contributed by atoms with Crippen LogP contribution in [0.4, 0.5) is 9.18 Å². The minimum absolute atomic E-state index is 0.0817. The van der Waals surface area contributed by atoms with Gasteiger partial charge in [0, 0.05) is 6.54 Å². The Labute approximate surface area is 158 Å². The minimum Gasteiger partial charge on any atom is -0.445 e. The van der Waals surface area contributed by atoms with Gasteiger partial charge >= 0.3 is 6.09 Å². The van der Waals surface area contributed by atoms with Crippen LogP contribution in [-0.2, 0) is 22.7 Å². The number of hydrogen-bond donors (Lipinski definition) is 2. The molecule has 0 unspecified atom stereocenters. The third-order valence-electron chi connectivity index (χ3n) is 4.34. The summed E-state index contributed by atoms with van der Waals surface area (Å²) in [5.74, 6) is -0.769. The normalized spacial score (nSPS) is 12.7. The molecular formula is C21H25FN2O3. The first-order chi connectivity index (χ1) is 13.0. The van der Waals surface area contributed by atoms with E-state index in [1.807, 2.05) is 44.2 Å². The van der Waals surface area contributed by atoms with Crippen LogP contribution in [0.25, 0.3) is 0 Å². The average Bonchev–Trinajstić information content (AvgIpc) is 2.69. The number of carbonyl (C=O) groups is 2. The summed E-state index contributed by atoms with van der Waals surface area (Å²) in [6, 6.07) is 14.6. The fraction of sp³-hybridized carbons (Fsp3) is 0.333. The van der Waals surface area contributed by atoms with Crippen LogP contribution in [0.1, 0.15) is 31.4 Å². The number of hydrogen-bond acceptors (Lipinski definition) is 3. The second-order valence-electron chi connectivity index (χ2n) is 6.42. The van der Waals surface area contributed by atoms with Crippen molar-refractivity contribution in [2.45, 2.75) is 39.5 Å². The van der Waals surface area contributed by atoms with Crippen LogP contribution in [0.3, 0.4) is 0 Å². The van der Waals surface area contributed by atoms with E-state index in [2.05, 4.69) is 10.6 Å². The van der Waals surface area contributed by atoms with Crippen LogP contribution in [-0.4, -0.2) is 18.0 Å². The monoisotopic (exact) mass is 372 g/mol. The molecule has 0 aliphatic heterocycles. The molecule has 2 amide bonds. The molecule has 2 atom stereocenters.